The van der Waals surface area contributed by atoms with Crippen LogP contribution in [0, 0.1) is 15.9 Å². The molecular formula is C15H12ClFN2O4. The number of hydrogen-bond acceptors (Lipinski definition) is 4. The molecule has 0 aromatic heterocycles. The number of nitrogens with one attached hydrogen (secondary N) is 1. The summed E-state index contributed by atoms with van der Waals surface area (Å²) in [5, 5.41) is 22.9. The first-order valence-corrected chi connectivity index (χ1v) is 6.92. The summed E-state index contributed by atoms with van der Waals surface area (Å²) in [6, 6.07) is 8.94. The molecule has 1 atom stereocenters. The van der Waals surface area contributed by atoms with E-state index in [0.717, 1.165) is 6.07 Å². The van der Waals surface area contributed by atoms with E-state index in [9.17, 15) is 24.4 Å². The molecule has 6 nitrogen and oxygen atoms in total. The zero-order chi connectivity index (χ0) is 17.0. The number of rotatable bonds is 5. The number of carbonyl (C=O) groups is 1. The Hall–Kier alpha value is -2.51. The van der Waals surface area contributed by atoms with Gasteiger partial charge in [0.25, 0.3) is 11.6 Å². The predicted octanol–water partition coefficient (Wildman–Crippen LogP) is 2.85. The SMILES string of the molecule is O=C(NCC(O)c1cccc(F)c1)c1ccc([N+](=O)[O-])c(Cl)c1. The first kappa shape index (κ1) is 16.9. The fourth-order valence-electron chi connectivity index (χ4n) is 1.92. The largest absolute Gasteiger partial charge is 0.387 e. The van der Waals surface area contributed by atoms with Gasteiger partial charge in [0.15, 0.2) is 0 Å². The topological polar surface area (TPSA) is 92.5 Å². The number of benzene rings is 2. The normalized spacial score (nSPS) is 11.8. The van der Waals surface area contributed by atoms with Crippen LogP contribution in [0.15, 0.2) is 42.5 Å². The standard InChI is InChI=1S/C15H12ClFN2O4/c16-12-7-10(4-5-13(12)19(22)23)15(21)18-8-14(20)9-2-1-3-11(17)6-9/h1-7,14,20H,8H2,(H,18,21). The summed E-state index contributed by atoms with van der Waals surface area (Å²) in [5.74, 6) is -1.05. The van der Waals surface area contributed by atoms with Crippen LogP contribution in [-0.4, -0.2) is 22.5 Å². The minimum atomic E-state index is -1.08. The molecule has 120 valence electrons. The molecule has 1 amide bonds. The summed E-state index contributed by atoms with van der Waals surface area (Å²) in [5.41, 5.74) is 0.141. The lowest BCUT2D eigenvalue weighted by Gasteiger charge is -2.12. The Labute approximate surface area is 135 Å². The minimum absolute atomic E-state index is 0.118. The average Bonchev–Trinajstić information content (AvgIpc) is 2.51. The zero-order valence-electron chi connectivity index (χ0n) is 11.7. The van der Waals surface area contributed by atoms with Gasteiger partial charge in [0.05, 0.1) is 11.0 Å². The summed E-state index contributed by atoms with van der Waals surface area (Å²) in [7, 11) is 0. The maximum atomic E-state index is 13.1. The highest BCUT2D eigenvalue weighted by Crippen LogP contribution is 2.25. The van der Waals surface area contributed by atoms with Gasteiger partial charge in [-0.05, 0) is 29.8 Å². The van der Waals surface area contributed by atoms with E-state index in [4.69, 9.17) is 11.6 Å². The van der Waals surface area contributed by atoms with Crippen LogP contribution >= 0.6 is 11.6 Å². The smallest absolute Gasteiger partial charge is 0.287 e. The monoisotopic (exact) mass is 338 g/mol. The predicted molar refractivity (Wildman–Crippen MR) is 81.8 cm³/mol. The fourth-order valence-corrected chi connectivity index (χ4v) is 2.17. The molecule has 0 aliphatic carbocycles. The van der Waals surface area contributed by atoms with Crippen LogP contribution in [0.1, 0.15) is 22.0 Å². The first-order valence-electron chi connectivity index (χ1n) is 6.54. The second-order valence-corrected chi connectivity index (χ2v) is 5.11. The van der Waals surface area contributed by atoms with Crippen LogP contribution in [0.25, 0.3) is 0 Å². The Morgan fingerprint density at radius 3 is 2.70 bits per heavy atom. The molecule has 0 spiro atoms. The summed E-state index contributed by atoms with van der Waals surface area (Å²) in [4.78, 5) is 22.0. The van der Waals surface area contributed by atoms with E-state index in [1.807, 2.05) is 0 Å². The highest BCUT2D eigenvalue weighted by molar-refractivity contribution is 6.33. The summed E-state index contributed by atoms with van der Waals surface area (Å²) >= 11 is 5.73. The van der Waals surface area contributed by atoms with Crippen LogP contribution in [0.5, 0.6) is 0 Å². The lowest BCUT2D eigenvalue weighted by molar-refractivity contribution is -0.384. The number of halogens is 2. The van der Waals surface area contributed by atoms with Crippen molar-refractivity contribution < 1.29 is 19.2 Å². The molecule has 2 rings (SSSR count). The zero-order valence-corrected chi connectivity index (χ0v) is 12.5. The Balaban J connectivity index is 2.02. The molecule has 0 heterocycles. The third kappa shape index (κ3) is 4.24. The second-order valence-electron chi connectivity index (χ2n) is 4.70. The lowest BCUT2D eigenvalue weighted by atomic mass is 10.1. The Bertz CT molecular complexity index is 754. The highest BCUT2D eigenvalue weighted by atomic mass is 35.5. The maximum Gasteiger partial charge on any atom is 0.287 e. The number of nitro groups is 1. The molecule has 0 fully saturated rings. The Morgan fingerprint density at radius 2 is 2.09 bits per heavy atom. The Kier molecular flexibility index (Phi) is 5.25. The van der Waals surface area contributed by atoms with Crippen LogP contribution in [0.4, 0.5) is 10.1 Å². The lowest BCUT2D eigenvalue weighted by Crippen LogP contribution is -2.28. The fraction of sp³-hybridized carbons (Fsp3) is 0.133. The molecule has 2 aromatic carbocycles. The minimum Gasteiger partial charge on any atom is -0.387 e. The van der Waals surface area contributed by atoms with Gasteiger partial charge in [-0.3, -0.25) is 14.9 Å². The third-order valence-electron chi connectivity index (χ3n) is 3.10. The van der Waals surface area contributed by atoms with Crippen LogP contribution < -0.4 is 5.32 Å². The van der Waals surface area contributed by atoms with Crippen LogP contribution in [-0.2, 0) is 0 Å². The average molecular weight is 339 g/mol. The molecule has 0 radical (unpaired) electrons. The molecule has 2 N–H and O–H groups in total. The van der Waals surface area contributed by atoms with Gasteiger partial charge in [0.1, 0.15) is 10.8 Å². The summed E-state index contributed by atoms with van der Waals surface area (Å²) < 4.78 is 13.1. The number of amides is 1. The van der Waals surface area contributed by atoms with E-state index in [0.29, 0.717) is 5.56 Å². The molecule has 0 aliphatic rings. The first-order chi connectivity index (χ1) is 10.9. The molecule has 1 unspecified atom stereocenters. The number of aliphatic hydroxyl groups excluding tert-OH is 1. The van der Waals surface area contributed by atoms with Crippen molar-refractivity contribution in [2.24, 2.45) is 0 Å². The third-order valence-corrected chi connectivity index (χ3v) is 3.40. The molecule has 8 heteroatoms. The van der Waals surface area contributed by atoms with E-state index >= 15 is 0 Å². The van der Waals surface area contributed by atoms with Gasteiger partial charge < -0.3 is 10.4 Å². The van der Waals surface area contributed by atoms with Gasteiger partial charge in [-0.1, -0.05) is 23.7 Å². The molecular weight excluding hydrogens is 327 g/mol. The molecule has 0 aliphatic heterocycles. The quantitative estimate of drug-likeness (QED) is 0.647. The van der Waals surface area contributed by atoms with E-state index in [1.54, 1.807) is 0 Å². The second kappa shape index (κ2) is 7.17. The van der Waals surface area contributed by atoms with E-state index in [-0.39, 0.29) is 22.8 Å². The molecule has 2 aromatic rings. The van der Waals surface area contributed by atoms with Gasteiger partial charge in [0, 0.05) is 18.2 Å². The van der Waals surface area contributed by atoms with Gasteiger partial charge in [-0.25, -0.2) is 4.39 Å². The van der Waals surface area contributed by atoms with Gasteiger partial charge in [0.2, 0.25) is 0 Å². The van der Waals surface area contributed by atoms with Crippen molar-refractivity contribution in [2.75, 3.05) is 6.54 Å². The number of nitro benzene ring substituents is 1. The van der Waals surface area contributed by atoms with Gasteiger partial charge in [-0.2, -0.15) is 0 Å². The molecule has 0 saturated heterocycles. The molecule has 23 heavy (non-hydrogen) atoms. The van der Waals surface area contributed by atoms with Crippen molar-refractivity contribution in [1.82, 2.24) is 5.32 Å². The van der Waals surface area contributed by atoms with E-state index in [1.165, 1.54) is 36.4 Å². The van der Waals surface area contributed by atoms with Gasteiger partial charge >= 0.3 is 0 Å². The van der Waals surface area contributed by atoms with Crippen molar-refractivity contribution >= 4 is 23.2 Å². The van der Waals surface area contributed by atoms with Crippen molar-refractivity contribution in [3.63, 3.8) is 0 Å². The number of hydrogen-bond donors (Lipinski definition) is 2. The van der Waals surface area contributed by atoms with Crippen LogP contribution in [0.3, 0.4) is 0 Å². The summed E-state index contributed by atoms with van der Waals surface area (Å²) in [6.45, 7) is -0.142. The number of carbonyl (C=O) groups excluding carboxylic acids is 1. The number of nitrogens with zero attached hydrogens (tertiary/aromatic N) is 1. The molecule has 0 bridgehead atoms. The van der Waals surface area contributed by atoms with E-state index < -0.39 is 22.8 Å². The van der Waals surface area contributed by atoms with Crippen molar-refractivity contribution in [3.05, 3.63) is 74.5 Å². The Morgan fingerprint density at radius 1 is 1.35 bits per heavy atom. The van der Waals surface area contributed by atoms with Gasteiger partial charge in [-0.15, -0.1) is 0 Å². The molecule has 0 saturated carbocycles. The van der Waals surface area contributed by atoms with Crippen molar-refractivity contribution in [3.8, 4) is 0 Å². The highest BCUT2D eigenvalue weighted by Gasteiger charge is 2.16. The van der Waals surface area contributed by atoms with E-state index in [2.05, 4.69) is 5.32 Å². The summed E-state index contributed by atoms with van der Waals surface area (Å²) in [6.07, 6.45) is -1.08. The van der Waals surface area contributed by atoms with Crippen molar-refractivity contribution in [1.29, 1.82) is 0 Å². The van der Waals surface area contributed by atoms with Crippen molar-refractivity contribution in [2.45, 2.75) is 6.10 Å². The maximum absolute atomic E-state index is 13.1. The van der Waals surface area contributed by atoms with Crippen LogP contribution in [0.2, 0.25) is 5.02 Å². The number of aliphatic hydroxyl groups is 1.